The van der Waals surface area contributed by atoms with Crippen LogP contribution in [-0.4, -0.2) is 11.9 Å². The maximum Gasteiger partial charge on any atom is 0.193 e. The third-order valence-corrected chi connectivity index (χ3v) is 3.25. The molecule has 0 radical (unpaired) electrons. The van der Waals surface area contributed by atoms with Crippen LogP contribution in [0.25, 0.3) is 0 Å². The summed E-state index contributed by atoms with van der Waals surface area (Å²) in [6.07, 6.45) is 0.136. The second-order valence-corrected chi connectivity index (χ2v) is 5.78. The zero-order chi connectivity index (χ0) is 13.8. The van der Waals surface area contributed by atoms with Crippen molar-refractivity contribution in [2.45, 2.75) is 20.0 Å². The number of carbonyl (C=O) groups excluding carboxylic acids is 1. The molecule has 0 unspecified atom stereocenters. The summed E-state index contributed by atoms with van der Waals surface area (Å²) in [6.45, 7) is 3.95. The van der Waals surface area contributed by atoms with Crippen molar-refractivity contribution < 1.29 is 9.53 Å². The van der Waals surface area contributed by atoms with Crippen molar-refractivity contribution in [3.63, 3.8) is 0 Å². The fourth-order valence-corrected chi connectivity index (χ4v) is 2.30. The minimum Gasteiger partial charge on any atom is -0.491 e. The molecule has 0 bridgehead atoms. The fraction of sp³-hybridized carbons (Fsp3) is 0.188. The molecular weight excluding hydrogens is 351 g/mol. The van der Waals surface area contributed by atoms with Gasteiger partial charge in [-0.3, -0.25) is 4.79 Å². The number of halogens is 1. The number of ether oxygens (including phenoxy) is 1. The van der Waals surface area contributed by atoms with Crippen LogP contribution >= 0.6 is 22.6 Å². The molecule has 0 heterocycles. The molecule has 2 aromatic carbocycles. The Labute approximate surface area is 126 Å². The molecule has 2 aromatic rings. The number of hydrogen-bond donors (Lipinski definition) is 0. The van der Waals surface area contributed by atoms with Gasteiger partial charge in [-0.05, 0) is 72.8 Å². The first-order valence-corrected chi connectivity index (χ1v) is 7.21. The van der Waals surface area contributed by atoms with E-state index < -0.39 is 0 Å². The summed E-state index contributed by atoms with van der Waals surface area (Å²) in [5.74, 6) is 0.823. The summed E-state index contributed by atoms with van der Waals surface area (Å²) >= 11 is 2.20. The predicted molar refractivity (Wildman–Crippen MR) is 84.8 cm³/mol. The van der Waals surface area contributed by atoms with Crippen molar-refractivity contribution in [2.24, 2.45) is 0 Å². The Morgan fingerprint density at radius 1 is 1.05 bits per heavy atom. The van der Waals surface area contributed by atoms with Gasteiger partial charge in [0.1, 0.15) is 5.75 Å². The Hall–Kier alpha value is -1.36. The molecule has 0 aliphatic heterocycles. The van der Waals surface area contributed by atoms with Gasteiger partial charge in [0.15, 0.2) is 5.78 Å². The van der Waals surface area contributed by atoms with Gasteiger partial charge < -0.3 is 4.74 Å². The van der Waals surface area contributed by atoms with Gasteiger partial charge in [-0.1, -0.05) is 12.1 Å². The van der Waals surface area contributed by atoms with Crippen LogP contribution in [0, 0.1) is 3.57 Å². The summed E-state index contributed by atoms with van der Waals surface area (Å²) in [5.41, 5.74) is 1.39. The monoisotopic (exact) mass is 366 g/mol. The molecular formula is C16H15IO2. The SMILES string of the molecule is CC(C)Oc1ccc(C(=O)c2cccc(I)c2)cc1. The summed E-state index contributed by atoms with van der Waals surface area (Å²) in [5, 5.41) is 0. The van der Waals surface area contributed by atoms with Crippen molar-refractivity contribution >= 4 is 28.4 Å². The van der Waals surface area contributed by atoms with Crippen LogP contribution < -0.4 is 4.74 Å². The lowest BCUT2D eigenvalue weighted by Gasteiger charge is -2.09. The van der Waals surface area contributed by atoms with E-state index in [2.05, 4.69) is 22.6 Å². The molecule has 2 nitrogen and oxygen atoms in total. The molecule has 0 saturated heterocycles. The minimum absolute atomic E-state index is 0.0367. The maximum atomic E-state index is 12.3. The van der Waals surface area contributed by atoms with Gasteiger partial charge in [-0.15, -0.1) is 0 Å². The maximum absolute atomic E-state index is 12.3. The molecule has 3 heteroatoms. The van der Waals surface area contributed by atoms with E-state index in [1.54, 1.807) is 12.1 Å². The fourth-order valence-electron chi connectivity index (χ4n) is 1.75. The molecule has 19 heavy (non-hydrogen) atoms. The van der Waals surface area contributed by atoms with Gasteiger partial charge in [0.25, 0.3) is 0 Å². The van der Waals surface area contributed by atoms with Crippen molar-refractivity contribution in [1.29, 1.82) is 0 Å². The average molecular weight is 366 g/mol. The van der Waals surface area contributed by atoms with Gasteiger partial charge >= 0.3 is 0 Å². The van der Waals surface area contributed by atoms with E-state index >= 15 is 0 Å². The molecule has 0 saturated carbocycles. The van der Waals surface area contributed by atoms with Gasteiger partial charge in [0, 0.05) is 14.7 Å². The Morgan fingerprint density at radius 3 is 2.32 bits per heavy atom. The van der Waals surface area contributed by atoms with Crippen molar-refractivity contribution in [2.75, 3.05) is 0 Å². The number of hydrogen-bond acceptors (Lipinski definition) is 2. The highest BCUT2D eigenvalue weighted by Crippen LogP contribution is 2.17. The number of ketones is 1. The molecule has 0 aliphatic carbocycles. The third-order valence-electron chi connectivity index (χ3n) is 2.58. The lowest BCUT2D eigenvalue weighted by molar-refractivity contribution is 0.103. The molecule has 98 valence electrons. The van der Waals surface area contributed by atoms with Crippen LogP contribution in [0.1, 0.15) is 29.8 Å². The second-order valence-electron chi connectivity index (χ2n) is 4.53. The van der Waals surface area contributed by atoms with Crippen LogP contribution in [0.15, 0.2) is 48.5 Å². The Morgan fingerprint density at radius 2 is 1.74 bits per heavy atom. The van der Waals surface area contributed by atoms with E-state index in [9.17, 15) is 4.79 Å². The molecule has 0 fully saturated rings. The molecule has 0 aromatic heterocycles. The summed E-state index contributed by atoms with van der Waals surface area (Å²) in [6, 6.07) is 14.9. The summed E-state index contributed by atoms with van der Waals surface area (Å²) < 4.78 is 6.62. The average Bonchev–Trinajstić information content (AvgIpc) is 2.38. The van der Waals surface area contributed by atoms with Crippen molar-refractivity contribution in [1.82, 2.24) is 0 Å². The minimum atomic E-state index is 0.0367. The van der Waals surface area contributed by atoms with Crippen molar-refractivity contribution in [3.8, 4) is 5.75 Å². The predicted octanol–water partition coefficient (Wildman–Crippen LogP) is 4.31. The first-order chi connectivity index (χ1) is 9.06. The molecule has 0 atom stereocenters. The van der Waals surface area contributed by atoms with Gasteiger partial charge in [0.2, 0.25) is 0 Å². The van der Waals surface area contributed by atoms with Gasteiger partial charge in [-0.2, -0.15) is 0 Å². The molecule has 0 spiro atoms. The Bertz CT molecular complexity index is 574. The highest BCUT2D eigenvalue weighted by molar-refractivity contribution is 14.1. The quantitative estimate of drug-likeness (QED) is 0.596. The summed E-state index contributed by atoms with van der Waals surface area (Å²) in [4.78, 5) is 12.3. The van der Waals surface area contributed by atoms with E-state index in [0.29, 0.717) is 11.1 Å². The zero-order valence-corrected chi connectivity index (χ0v) is 13.0. The van der Waals surface area contributed by atoms with E-state index in [0.717, 1.165) is 9.32 Å². The lowest BCUT2D eigenvalue weighted by atomic mass is 10.0. The Balaban J connectivity index is 2.20. The summed E-state index contributed by atoms with van der Waals surface area (Å²) in [7, 11) is 0. The topological polar surface area (TPSA) is 26.3 Å². The van der Waals surface area contributed by atoms with Gasteiger partial charge in [-0.25, -0.2) is 0 Å². The molecule has 0 aliphatic rings. The first kappa shape index (κ1) is 14.1. The van der Waals surface area contributed by atoms with Crippen LogP contribution in [0.5, 0.6) is 5.75 Å². The number of carbonyl (C=O) groups is 1. The van der Waals surface area contributed by atoms with E-state index in [1.165, 1.54) is 0 Å². The first-order valence-electron chi connectivity index (χ1n) is 6.13. The largest absolute Gasteiger partial charge is 0.491 e. The smallest absolute Gasteiger partial charge is 0.193 e. The Kier molecular flexibility index (Phi) is 4.58. The zero-order valence-electron chi connectivity index (χ0n) is 10.9. The van der Waals surface area contributed by atoms with Crippen LogP contribution in [0.3, 0.4) is 0 Å². The normalized spacial score (nSPS) is 10.5. The number of benzene rings is 2. The number of rotatable bonds is 4. The van der Waals surface area contributed by atoms with Crippen LogP contribution in [0.4, 0.5) is 0 Å². The van der Waals surface area contributed by atoms with Crippen molar-refractivity contribution in [3.05, 3.63) is 63.2 Å². The van der Waals surface area contributed by atoms with E-state index in [-0.39, 0.29) is 11.9 Å². The standard InChI is InChI=1S/C16H15IO2/c1-11(2)19-15-8-6-12(7-9-15)16(18)13-4-3-5-14(17)10-13/h3-11H,1-2H3. The third kappa shape index (κ3) is 3.80. The molecule has 2 rings (SSSR count). The lowest BCUT2D eigenvalue weighted by Crippen LogP contribution is -2.06. The molecule has 0 N–H and O–H groups in total. The van der Waals surface area contributed by atoms with E-state index in [1.807, 2.05) is 50.2 Å². The van der Waals surface area contributed by atoms with Crippen LogP contribution in [0.2, 0.25) is 0 Å². The highest BCUT2D eigenvalue weighted by atomic mass is 127. The second kappa shape index (κ2) is 6.19. The van der Waals surface area contributed by atoms with E-state index in [4.69, 9.17) is 4.74 Å². The molecule has 0 amide bonds. The highest BCUT2D eigenvalue weighted by Gasteiger charge is 2.09. The van der Waals surface area contributed by atoms with Crippen LogP contribution in [-0.2, 0) is 0 Å². The van der Waals surface area contributed by atoms with Gasteiger partial charge in [0.05, 0.1) is 6.10 Å².